The van der Waals surface area contributed by atoms with E-state index in [0.717, 1.165) is 50.4 Å². The molecule has 24 heavy (non-hydrogen) atoms. The zero-order chi connectivity index (χ0) is 16.9. The van der Waals surface area contributed by atoms with Gasteiger partial charge in [-0.25, -0.2) is 4.98 Å². The summed E-state index contributed by atoms with van der Waals surface area (Å²) in [4.78, 5) is 19.3. The number of aromatic nitrogens is 1. The number of piperidine rings is 1. The molecule has 134 valence electrons. The molecule has 3 rings (SSSR count). The molecular weight excluding hydrogens is 302 g/mol. The maximum atomic E-state index is 12.6. The Bertz CT molecular complexity index is 534. The zero-order valence-electron chi connectivity index (χ0n) is 15.1. The molecule has 1 aromatic heterocycles. The molecule has 1 aliphatic heterocycles. The molecule has 2 heterocycles. The largest absolute Gasteiger partial charge is 0.444 e. The summed E-state index contributed by atoms with van der Waals surface area (Å²) in [6.07, 6.45) is 10.0. The van der Waals surface area contributed by atoms with Gasteiger partial charge in [0.25, 0.3) is 0 Å². The van der Waals surface area contributed by atoms with E-state index in [9.17, 15) is 4.79 Å². The first-order valence-electron chi connectivity index (χ1n) is 9.59. The van der Waals surface area contributed by atoms with Crippen LogP contribution in [0.4, 0.5) is 0 Å². The van der Waals surface area contributed by atoms with E-state index >= 15 is 0 Å². The Balaban J connectivity index is 1.50. The number of oxazole rings is 1. The number of rotatable bonds is 5. The second-order valence-corrected chi connectivity index (χ2v) is 7.73. The predicted molar refractivity (Wildman–Crippen MR) is 93.6 cm³/mol. The normalized spacial score (nSPS) is 23.5. The van der Waals surface area contributed by atoms with Gasteiger partial charge < -0.3 is 9.73 Å². The number of likely N-dealkylation sites (tertiary alicyclic amines) is 1. The van der Waals surface area contributed by atoms with Gasteiger partial charge in [0, 0.05) is 18.5 Å². The number of amides is 1. The predicted octanol–water partition coefficient (Wildman–Crippen LogP) is 3.46. The summed E-state index contributed by atoms with van der Waals surface area (Å²) in [6, 6.07) is 0.405. The molecule has 5 heteroatoms. The van der Waals surface area contributed by atoms with E-state index in [1.54, 1.807) is 0 Å². The highest BCUT2D eigenvalue weighted by atomic mass is 16.4. The van der Waals surface area contributed by atoms with Crippen molar-refractivity contribution in [3.05, 3.63) is 17.8 Å². The number of carbonyl (C=O) groups is 1. The first-order valence-corrected chi connectivity index (χ1v) is 9.59. The van der Waals surface area contributed by atoms with Gasteiger partial charge in [-0.1, -0.05) is 33.1 Å². The molecule has 0 unspecified atom stereocenters. The van der Waals surface area contributed by atoms with Gasteiger partial charge in [-0.2, -0.15) is 0 Å². The van der Waals surface area contributed by atoms with Gasteiger partial charge in [0.15, 0.2) is 0 Å². The molecule has 1 aliphatic carbocycles. The quantitative estimate of drug-likeness (QED) is 0.896. The minimum absolute atomic E-state index is 0.111. The average Bonchev–Trinajstić information content (AvgIpc) is 3.05. The molecule has 0 radical (unpaired) electrons. The van der Waals surface area contributed by atoms with Gasteiger partial charge >= 0.3 is 0 Å². The van der Waals surface area contributed by atoms with Gasteiger partial charge in [0.2, 0.25) is 11.8 Å². The number of nitrogens with one attached hydrogen (secondary N) is 1. The highest BCUT2D eigenvalue weighted by Crippen LogP contribution is 2.22. The first kappa shape index (κ1) is 17.5. The van der Waals surface area contributed by atoms with E-state index in [1.807, 2.05) is 6.20 Å². The van der Waals surface area contributed by atoms with Gasteiger partial charge in [-0.3, -0.25) is 9.69 Å². The van der Waals surface area contributed by atoms with Crippen LogP contribution in [0.3, 0.4) is 0 Å². The third-order valence-corrected chi connectivity index (χ3v) is 5.33. The molecule has 1 saturated carbocycles. The molecular formula is C19H31N3O2. The Morgan fingerprint density at radius 3 is 2.79 bits per heavy atom. The maximum absolute atomic E-state index is 12.6. The van der Waals surface area contributed by atoms with Crippen molar-refractivity contribution in [2.75, 3.05) is 13.1 Å². The van der Waals surface area contributed by atoms with Crippen LogP contribution >= 0.6 is 0 Å². The van der Waals surface area contributed by atoms with Crippen molar-refractivity contribution in [2.45, 2.75) is 77.3 Å². The van der Waals surface area contributed by atoms with Crippen molar-refractivity contribution in [1.29, 1.82) is 0 Å². The van der Waals surface area contributed by atoms with Crippen LogP contribution in [0.1, 0.15) is 76.4 Å². The lowest BCUT2D eigenvalue weighted by atomic mass is 9.93. The molecule has 1 N–H and O–H groups in total. The lowest BCUT2D eigenvalue weighted by Crippen LogP contribution is -2.46. The smallest absolute Gasteiger partial charge is 0.224 e. The maximum Gasteiger partial charge on any atom is 0.224 e. The topological polar surface area (TPSA) is 58.4 Å². The van der Waals surface area contributed by atoms with Crippen molar-refractivity contribution in [2.24, 2.45) is 5.92 Å². The van der Waals surface area contributed by atoms with Gasteiger partial charge in [-0.15, -0.1) is 0 Å². The van der Waals surface area contributed by atoms with E-state index < -0.39 is 0 Å². The minimum atomic E-state index is 0.111. The molecule has 1 amide bonds. The van der Waals surface area contributed by atoms with E-state index in [4.69, 9.17) is 4.42 Å². The lowest BCUT2D eigenvalue weighted by Gasteiger charge is -2.32. The number of hydrogen-bond acceptors (Lipinski definition) is 4. The fourth-order valence-corrected chi connectivity index (χ4v) is 3.83. The molecule has 1 aromatic rings. The van der Waals surface area contributed by atoms with Crippen molar-refractivity contribution in [3.63, 3.8) is 0 Å². The number of hydrogen-bond donors (Lipinski definition) is 1. The number of nitrogens with zero attached hydrogens (tertiary/aromatic N) is 2. The average molecular weight is 333 g/mol. The Morgan fingerprint density at radius 2 is 2.08 bits per heavy atom. The van der Waals surface area contributed by atoms with Crippen LogP contribution in [-0.4, -0.2) is 34.9 Å². The van der Waals surface area contributed by atoms with Gasteiger partial charge in [0.1, 0.15) is 5.76 Å². The third kappa shape index (κ3) is 4.59. The fraction of sp³-hybridized carbons (Fsp3) is 0.789. The Kier molecular flexibility index (Phi) is 5.93. The SMILES string of the molecule is CC(C)c1cnc(CN2CCC[C@H](C(=O)NC3CCCCC3)C2)o1. The molecule has 0 spiro atoms. The zero-order valence-corrected chi connectivity index (χ0v) is 15.1. The summed E-state index contributed by atoms with van der Waals surface area (Å²) in [6.45, 7) is 6.76. The third-order valence-electron chi connectivity index (χ3n) is 5.33. The second kappa shape index (κ2) is 8.15. The Labute approximate surface area is 145 Å². The lowest BCUT2D eigenvalue weighted by molar-refractivity contribution is -0.127. The summed E-state index contributed by atoms with van der Waals surface area (Å²) < 4.78 is 5.81. The first-order chi connectivity index (χ1) is 11.6. The van der Waals surface area contributed by atoms with Gasteiger partial charge in [0.05, 0.1) is 18.7 Å². The van der Waals surface area contributed by atoms with Crippen molar-refractivity contribution in [3.8, 4) is 0 Å². The summed E-state index contributed by atoms with van der Waals surface area (Å²) in [7, 11) is 0. The number of carbonyl (C=O) groups excluding carboxylic acids is 1. The molecule has 1 saturated heterocycles. The molecule has 0 aromatic carbocycles. The minimum Gasteiger partial charge on any atom is -0.444 e. The highest BCUT2D eigenvalue weighted by molar-refractivity contribution is 5.79. The second-order valence-electron chi connectivity index (χ2n) is 7.73. The molecule has 0 bridgehead atoms. The molecule has 2 fully saturated rings. The Hall–Kier alpha value is -1.36. The van der Waals surface area contributed by atoms with Crippen molar-refractivity contribution < 1.29 is 9.21 Å². The van der Waals surface area contributed by atoms with Crippen LogP contribution in [0.15, 0.2) is 10.6 Å². The molecule has 1 atom stereocenters. The highest BCUT2D eigenvalue weighted by Gasteiger charge is 2.28. The summed E-state index contributed by atoms with van der Waals surface area (Å²) in [5.74, 6) is 2.43. The van der Waals surface area contributed by atoms with Gasteiger partial charge in [-0.05, 0) is 32.2 Å². The van der Waals surface area contributed by atoms with Crippen LogP contribution in [0.5, 0.6) is 0 Å². The summed E-state index contributed by atoms with van der Waals surface area (Å²) in [5.41, 5.74) is 0. The summed E-state index contributed by atoms with van der Waals surface area (Å²) in [5, 5.41) is 3.29. The van der Waals surface area contributed by atoms with Crippen LogP contribution in [0.2, 0.25) is 0 Å². The fourth-order valence-electron chi connectivity index (χ4n) is 3.83. The summed E-state index contributed by atoms with van der Waals surface area (Å²) >= 11 is 0. The van der Waals surface area contributed by atoms with Crippen LogP contribution in [0.25, 0.3) is 0 Å². The standard InChI is InChI=1S/C19H31N3O2/c1-14(2)17-11-20-18(24-17)13-22-10-6-7-15(12-22)19(23)21-16-8-4-3-5-9-16/h11,14-16H,3-10,12-13H2,1-2H3,(H,21,23)/t15-/m0/s1. The molecule has 5 nitrogen and oxygen atoms in total. The monoisotopic (exact) mass is 333 g/mol. The van der Waals surface area contributed by atoms with Crippen LogP contribution in [0, 0.1) is 5.92 Å². The van der Waals surface area contributed by atoms with Crippen molar-refractivity contribution in [1.82, 2.24) is 15.2 Å². The van der Waals surface area contributed by atoms with E-state index in [-0.39, 0.29) is 11.8 Å². The van der Waals surface area contributed by atoms with E-state index in [1.165, 1.54) is 19.3 Å². The van der Waals surface area contributed by atoms with Crippen LogP contribution in [-0.2, 0) is 11.3 Å². The Morgan fingerprint density at radius 1 is 1.29 bits per heavy atom. The van der Waals surface area contributed by atoms with E-state index in [0.29, 0.717) is 18.5 Å². The van der Waals surface area contributed by atoms with Crippen molar-refractivity contribution >= 4 is 5.91 Å². The van der Waals surface area contributed by atoms with E-state index in [2.05, 4.69) is 29.0 Å². The molecule has 2 aliphatic rings. The van der Waals surface area contributed by atoms with Crippen LogP contribution < -0.4 is 5.32 Å².